The molecule has 0 bridgehead atoms. The Morgan fingerprint density at radius 2 is 1.25 bits per heavy atom. The lowest BCUT2D eigenvalue weighted by atomic mass is 9.90. The molecule has 0 aromatic rings. The molecule has 0 heterocycles. The maximum atomic E-state index is 3.96. The van der Waals surface area contributed by atoms with Gasteiger partial charge in [-0.2, -0.15) is 0 Å². The van der Waals surface area contributed by atoms with E-state index >= 15 is 0 Å². The zero-order chi connectivity index (χ0) is 12.1. The summed E-state index contributed by atoms with van der Waals surface area (Å²) >= 11 is 0. The van der Waals surface area contributed by atoms with E-state index in [4.69, 9.17) is 0 Å². The summed E-state index contributed by atoms with van der Waals surface area (Å²) in [6.07, 6.45) is 16.8. The van der Waals surface area contributed by atoms with Gasteiger partial charge in [0.15, 0.2) is 0 Å². The molecule has 0 aliphatic rings. The van der Waals surface area contributed by atoms with E-state index in [1.807, 2.05) is 0 Å². The Morgan fingerprint density at radius 1 is 0.688 bits per heavy atom. The third-order valence-electron chi connectivity index (χ3n) is 3.54. The van der Waals surface area contributed by atoms with Crippen LogP contribution in [0.25, 0.3) is 0 Å². The van der Waals surface area contributed by atoms with Gasteiger partial charge in [0.25, 0.3) is 0 Å². The SMILES string of the molecule is [CH2]CCCC(CCCC)CCCCCCC. The predicted molar refractivity (Wildman–Crippen MR) is 75.6 cm³/mol. The van der Waals surface area contributed by atoms with E-state index in [2.05, 4.69) is 20.8 Å². The van der Waals surface area contributed by atoms with Crippen LogP contribution in [0.4, 0.5) is 0 Å². The Labute approximate surface area is 104 Å². The van der Waals surface area contributed by atoms with Crippen LogP contribution in [0, 0.1) is 12.8 Å². The average molecular weight is 225 g/mol. The summed E-state index contributed by atoms with van der Waals surface area (Å²) in [6.45, 7) is 8.55. The lowest BCUT2D eigenvalue weighted by Gasteiger charge is -2.16. The molecule has 0 rings (SSSR count). The van der Waals surface area contributed by atoms with Crippen LogP contribution in [0.5, 0.6) is 0 Å². The molecular formula is C16H33. The highest BCUT2D eigenvalue weighted by Gasteiger charge is 2.07. The molecular weight excluding hydrogens is 192 g/mol. The standard InChI is InChI=1S/C16H33/c1-4-7-10-11-12-15-16(13-8-5-2)14-9-6-3/h16H,2,4-15H2,1,3H3. The quantitative estimate of drug-likeness (QED) is 0.349. The molecule has 97 valence electrons. The van der Waals surface area contributed by atoms with Crippen LogP contribution >= 0.6 is 0 Å². The topological polar surface area (TPSA) is 0 Å². The van der Waals surface area contributed by atoms with Crippen LogP contribution in [-0.2, 0) is 0 Å². The van der Waals surface area contributed by atoms with E-state index in [0.29, 0.717) is 0 Å². The molecule has 0 aliphatic carbocycles. The summed E-state index contributed by atoms with van der Waals surface area (Å²) < 4.78 is 0. The lowest BCUT2D eigenvalue weighted by Crippen LogP contribution is -2.00. The normalized spacial score (nSPS) is 11.2. The summed E-state index contributed by atoms with van der Waals surface area (Å²) in [4.78, 5) is 0. The van der Waals surface area contributed by atoms with Crippen molar-refractivity contribution in [2.45, 2.75) is 90.9 Å². The molecule has 0 N–H and O–H groups in total. The van der Waals surface area contributed by atoms with Gasteiger partial charge in [0, 0.05) is 0 Å². The van der Waals surface area contributed by atoms with Crippen LogP contribution in [0.3, 0.4) is 0 Å². The fraction of sp³-hybridized carbons (Fsp3) is 0.938. The Balaban J connectivity index is 3.48. The third kappa shape index (κ3) is 10.5. The van der Waals surface area contributed by atoms with Crippen LogP contribution in [0.2, 0.25) is 0 Å². The van der Waals surface area contributed by atoms with E-state index < -0.39 is 0 Å². The van der Waals surface area contributed by atoms with Gasteiger partial charge in [0.05, 0.1) is 0 Å². The summed E-state index contributed by atoms with van der Waals surface area (Å²) in [5, 5.41) is 0. The van der Waals surface area contributed by atoms with E-state index in [-0.39, 0.29) is 0 Å². The summed E-state index contributed by atoms with van der Waals surface area (Å²) in [6, 6.07) is 0. The van der Waals surface area contributed by atoms with E-state index in [1.165, 1.54) is 70.6 Å². The van der Waals surface area contributed by atoms with Crippen molar-refractivity contribution in [2.75, 3.05) is 0 Å². The van der Waals surface area contributed by atoms with Gasteiger partial charge < -0.3 is 0 Å². The molecule has 0 spiro atoms. The fourth-order valence-corrected chi connectivity index (χ4v) is 2.40. The molecule has 1 unspecified atom stereocenters. The Kier molecular flexibility index (Phi) is 13.1. The Bertz CT molecular complexity index is 109. The van der Waals surface area contributed by atoms with E-state index in [9.17, 15) is 0 Å². The van der Waals surface area contributed by atoms with Crippen molar-refractivity contribution in [1.82, 2.24) is 0 Å². The van der Waals surface area contributed by atoms with Crippen molar-refractivity contribution in [1.29, 1.82) is 0 Å². The second kappa shape index (κ2) is 13.1. The van der Waals surface area contributed by atoms with E-state index in [0.717, 1.165) is 12.3 Å². The van der Waals surface area contributed by atoms with E-state index in [1.54, 1.807) is 0 Å². The van der Waals surface area contributed by atoms with Gasteiger partial charge in [-0.05, 0) is 5.92 Å². The van der Waals surface area contributed by atoms with Crippen molar-refractivity contribution in [2.24, 2.45) is 5.92 Å². The minimum atomic E-state index is 1.00. The van der Waals surface area contributed by atoms with Gasteiger partial charge in [-0.15, -0.1) is 0 Å². The number of unbranched alkanes of at least 4 members (excludes halogenated alkanes) is 6. The van der Waals surface area contributed by atoms with Crippen LogP contribution < -0.4 is 0 Å². The monoisotopic (exact) mass is 225 g/mol. The summed E-state index contributed by atoms with van der Waals surface area (Å²) in [5.41, 5.74) is 0. The highest BCUT2D eigenvalue weighted by molar-refractivity contribution is 4.61. The molecule has 0 fully saturated rings. The number of hydrogen-bond donors (Lipinski definition) is 0. The highest BCUT2D eigenvalue weighted by Crippen LogP contribution is 2.22. The molecule has 0 heteroatoms. The first-order valence-corrected chi connectivity index (χ1v) is 7.64. The molecule has 1 radical (unpaired) electrons. The van der Waals surface area contributed by atoms with Crippen LogP contribution in [0.1, 0.15) is 90.9 Å². The first-order chi connectivity index (χ1) is 7.85. The third-order valence-corrected chi connectivity index (χ3v) is 3.54. The largest absolute Gasteiger partial charge is 0.0654 e. The molecule has 0 aromatic heterocycles. The van der Waals surface area contributed by atoms with Gasteiger partial charge in [-0.1, -0.05) is 97.8 Å². The number of hydrogen-bond acceptors (Lipinski definition) is 0. The van der Waals surface area contributed by atoms with Crippen molar-refractivity contribution in [3.8, 4) is 0 Å². The minimum Gasteiger partial charge on any atom is -0.0654 e. The number of rotatable bonds is 12. The second-order valence-corrected chi connectivity index (χ2v) is 5.21. The Hall–Kier alpha value is 0. The van der Waals surface area contributed by atoms with Crippen LogP contribution in [-0.4, -0.2) is 0 Å². The van der Waals surface area contributed by atoms with Gasteiger partial charge >= 0.3 is 0 Å². The van der Waals surface area contributed by atoms with Crippen molar-refractivity contribution >= 4 is 0 Å². The summed E-state index contributed by atoms with van der Waals surface area (Å²) in [7, 11) is 0. The van der Waals surface area contributed by atoms with Crippen molar-refractivity contribution in [3.05, 3.63) is 6.92 Å². The Morgan fingerprint density at radius 3 is 1.88 bits per heavy atom. The van der Waals surface area contributed by atoms with Crippen molar-refractivity contribution in [3.63, 3.8) is 0 Å². The molecule has 0 amide bonds. The molecule has 0 nitrogen and oxygen atoms in total. The van der Waals surface area contributed by atoms with Gasteiger partial charge in [-0.25, -0.2) is 0 Å². The molecule has 1 atom stereocenters. The zero-order valence-electron chi connectivity index (χ0n) is 11.8. The predicted octanol–water partition coefficient (Wildman–Crippen LogP) is 6.16. The molecule has 0 saturated carbocycles. The van der Waals surface area contributed by atoms with Gasteiger partial charge in [0.1, 0.15) is 0 Å². The summed E-state index contributed by atoms with van der Waals surface area (Å²) in [5.74, 6) is 1.00. The minimum absolute atomic E-state index is 1.00. The zero-order valence-corrected chi connectivity index (χ0v) is 11.8. The van der Waals surface area contributed by atoms with Gasteiger partial charge in [0.2, 0.25) is 0 Å². The van der Waals surface area contributed by atoms with Gasteiger partial charge in [-0.3, -0.25) is 0 Å². The maximum absolute atomic E-state index is 3.96. The molecule has 16 heavy (non-hydrogen) atoms. The molecule has 0 aliphatic heterocycles. The van der Waals surface area contributed by atoms with Crippen molar-refractivity contribution < 1.29 is 0 Å². The smallest absolute Gasteiger partial charge is 0.0414 e. The second-order valence-electron chi connectivity index (χ2n) is 5.21. The molecule has 0 saturated heterocycles. The highest BCUT2D eigenvalue weighted by atomic mass is 14.1. The fourth-order valence-electron chi connectivity index (χ4n) is 2.40. The first-order valence-electron chi connectivity index (χ1n) is 7.64. The maximum Gasteiger partial charge on any atom is -0.0414 e. The van der Waals surface area contributed by atoms with Crippen LogP contribution in [0.15, 0.2) is 0 Å². The average Bonchev–Trinajstić information content (AvgIpc) is 2.31. The molecule has 0 aromatic carbocycles. The lowest BCUT2D eigenvalue weighted by molar-refractivity contribution is 0.379. The first kappa shape index (κ1) is 16.0.